The Morgan fingerprint density at radius 1 is 1.53 bits per heavy atom. The molecule has 2 N–H and O–H groups in total. The Morgan fingerprint density at radius 3 is 2.88 bits per heavy atom. The van der Waals surface area contributed by atoms with Crippen LogP contribution < -0.4 is 10.5 Å². The summed E-state index contributed by atoms with van der Waals surface area (Å²) in [7, 11) is 0. The summed E-state index contributed by atoms with van der Waals surface area (Å²) >= 11 is 0. The Morgan fingerprint density at radius 2 is 2.24 bits per heavy atom. The van der Waals surface area contributed by atoms with E-state index in [0.717, 1.165) is 31.2 Å². The summed E-state index contributed by atoms with van der Waals surface area (Å²) in [5, 5.41) is 9.05. The van der Waals surface area contributed by atoms with Gasteiger partial charge in [-0.15, -0.1) is 0 Å². The molecule has 4 nitrogen and oxygen atoms in total. The minimum atomic E-state index is -0.238. The van der Waals surface area contributed by atoms with Crippen molar-refractivity contribution in [1.82, 2.24) is 4.98 Å². The standard InChI is InChI=1S/C13H17N3O/c1-10-4-7-16-12(11(10)8-14)17-9-13(15)5-2-3-6-13/h4,7H,2-3,5-6,9,15H2,1H3. The van der Waals surface area contributed by atoms with E-state index in [-0.39, 0.29) is 5.54 Å². The number of aryl methyl sites for hydroxylation is 1. The summed E-state index contributed by atoms with van der Waals surface area (Å²) < 4.78 is 5.64. The normalized spacial score (nSPS) is 17.7. The number of hydrogen-bond acceptors (Lipinski definition) is 4. The van der Waals surface area contributed by atoms with Crippen molar-refractivity contribution in [2.24, 2.45) is 5.73 Å². The lowest BCUT2D eigenvalue weighted by molar-refractivity contribution is 0.213. The molecule has 17 heavy (non-hydrogen) atoms. The van der Waals surface area contributed by atoms with Crippen LogP contribution in [0, 0.1) is 18.3 Å². The van der Waals surface area contributed by atoms with Gasteiger partial charge in [-0.3, -0.25) is 0 Å². The number of pyridine rings is 1. The molecule has 0 bridgehead atoms. The van der Waals surface area contributed by atoms with Gasteiger partial charge in [-0.05, 0) is 31.4 Å². The molecule has 1 aromatic heterocycles. The van der Waals surface area contributed by atoms with Crippen LogP contribution in [0.15, 0.2) is 12.3 Å². The Hall–Kier alpha value is -1.60. The molecule has 90 valence electrons. The molecule has 0 saturated heterocycles. The summed E-state index contributed by atoms with van der Waals surface area (Å²) in [6.45, 7) is 2.32. The molecule has 0 atom stereocenters. The Balaban J connectivity index is 2.09. The highest BCUT2D eigenvalue weighted by atomic mass is 16.5. The monoisotopic (exact) mass is 231 g/mol. The van der Waals surface area contributed by atoms with E-state index in [4.69, 9.17) is 15.7 Å². The Labute approximate surface area is 101 Å². The second kappa shape index (κ2) is 4.72. The van der Waals surface area contributed by atoms with Crippen molar-refractivity contribution < 1.29 is 4.74 Å². The van der Waals surface area contributed by atoms with Crippen molar-refractivity contribution >= 4 is 0 Å². The molecular formula is C13H17N3O. The molecule has 1 aromatic rings. The summed E-state index contributed by atoms with van der Waals surface area (Å²) in [6.07, 6.45) is 5.95. The molecule has 0 unspecified atom stereocenters. The van der Waals surface area contributed by atoms with E-state index < -0.39 is 0 Å². The molecule has 1 aliphatic carbocycles. The molecule has 0 aliphatic heterocycles. The van der Waals surface area contributed by atoms with Crippen LogP contribution in [-0.2, 0) is 0 Å². The van der Waals surface area contributed by atoms with Crippen LogP contribution in [0.3, 0.4) is 0 Å². The molecule has 4 heteroatoms. The van der Waals surface area contributed by atoms with Gasteiger partial charge in [0.2, 0.25) is 5.88 Å². The van der Waals surface area contributed by atoms with E-state index in [1.165, 1.54) is 0 Å². The molecule has 0 radical (unpaired) electrons. The molecule has 1 aliphatic rings. The molecule has 1 saturated carbocycles. The number of nitriles is 1. The average molecular weight is 231 g/mol. The van der Waals surface area contributed by atoms with E-state index in [1.54, 1.807) is 12.3 Å². The predicted molar refractivity (Wildman–Crippen MR) is 64.6 cm³/mol. The topological polar surface area (TPSA) is 71.9 Å². The first kappa shape index (κ1) is 11.9. The third-order valence-corrected chi connectivity index (χ3v) is 3.33. The number of aromatic nitrogens is 1. The van der Waals surface area contributed by atoms with Crippen LogP contribution in [0.2, 0.25) is 0 Å². The van der Waals surface area contributed by atoms with Gasteiger partial charge >= 0.3 is 0 Å². The zero-order valence-electron chi connectivity index (χ0n) is 10.1. The van der Waals surface area contributed by atoms with Gasteiger partial charge in [-0.1, -0.05) is 12.8 Å². The lowest BCUT2D eigenvalue weighted by atomic mass is 10.0. The first-order valence-electron chi connectivity index (χ1n) is 5.92. The van der Waals surface area contributed by atoms with Gasteiger partial charge in [0.1, 0.15) is 18.2 Å². The van der Waals surface area contributed by atoms with Gasteiger partial charge in [0.05, 0.1) is 5.54 Å². The third-order valence-electron chi connectivity index (χ3n) is 3.33. The SMILES string of the molecule is Cc1ccnc(OCC2(N)CCCC2)c1C#N. The van der Waals surface area contributed by atoms with Crippen molar-refractivity contribution in [2.75, 3.05) is 6.61 Å². The molecule has 0 aromatic carbocycles. The molecule has 0 spiro atoms. The summed E-state index contributed by atoms with van der Waals surface area (Å²) in [5.74, 6) is 0.407. The number of hydrogen-bond donors (Lipinski definition) is 1. The van der Waals surface area contributed by atoms with Crippen molar-refractivity contribution in [3.63, 3.8) is 0 Å². The zero-order valence-corrected chi connectivity index (χ0v) is 10.1. The van der Waals surface area contributed by atoms with Crippen LogP contribution in [0.1, 0.15) is 36.8 Å². The number of rotatable bonds is 3. The van der Waals surface area contributed by atoms with E-state index >= 15 is 0 Å². The number of ether oxygens (including phenoxy) is 1. The van der Waals surface area contributed by atoms with Gasteiger partial charge in [0.25, 0.3) is 0 Å². The maximum atomic E-state index is 9.05. The fourth-order valence-electron chi connectivity index (χ4n) is 2.21. The first-order chi connectivity index (χ1) is 8.14. The smallest absolute Gasteiger partial charge is 0.231 e. The predicted octanol–water partition coefficient (Wildman–Crippen LogP) is 1.91. The van der Waals surface area contributed by atoms with Gasteiger partial charge < -0.3 is 10.5 Å². The van der Waals surface area contributed by atoms with Crippen LogP contribution in [0.5, 0.6) is 5.88 Å². The fraction of sp³-hybridized carbons (Fsp3) is 0.538. The fourth-order valence-corrected chi connectivity index (χ4v) is 2.21. The van der Waals surface area contributed by atoms with Crippen LogP contribution in [0.25, 0.3) is 0 Å². The maximum Gasteiger partial charge on any atom is 0.231 e. The van der Waals surface area contributed by atoms with E-state index in [9.17, 15) is 0 Å². The van der Waals surface area contributed by atoms with Crippen LogP contribution in [-0.4, -0.2) is 17.1 Å². The van der Waals surface area contributed by atoms with Crippen molar-refractivity contribution in [2.45, 2.75) is 38.1 Å². The van der Waals surface area contributed by atoms with Gasteiger partial charge in [0, 0.05) is 6.20 Å². The van der Waals surface area contributed by atoms with Crippen LogP contribution >= 0.6 is 0 Å². The number of nitrogens with two attached hydrogens (primary N) is 1. The van der Waals surface area contributed by atoms with E-state index in [1.807, 2.05) is 6.92 Å². The minimum absolute atomic E-state index is 0.238. The van der Waals surface area contributed by atoms with Gasteiger partial charge in [0.15, 0.2) is 0 Å². The van der Waals surface area contributed by atoms with Gasteiger partial charge in [-0.25, -0.2) is 4.98 Å². The van der Waals surface area contributed by atoms with Crippen molar-refractivity contribution in [3.8, 4) is 11.9 Å². The minimum Gasteiger partial charge on any atom is -0.475 e. The van der Waals surface area contributed by atoms with E-state index in [0.29, 0.717) is 18.1 Å². The number of nitrogens with zero attached hydrogens (tertiary/aromatic N) is 2. The summed E-state index contributed by atoms with van der Waals surface area (Å²) in [4.78, 5) is 4.10. The Bertz CT molecular complexity index is 444. The quantitative estimate of drug-likeness (QED) is 0.862. The second-order valence-electron chi connectivity index (χ2n) is 4.78. The third kappa shape index (κ3) is 2.56. The molecular weight excluding hydrogens is 214 g/mol. The molecule has 1 fully saturated rings. The highest BCUT2D eigenvalue weighted by molar-refractivity contribution is 5.43. The molecule has 0 amide bonds. The largest absolute Gasteiger partial charge is 0.475 e. The summed E-state index contributed by atoms with van der Waals surface area (Å²) in [5.41, 5.74) is 7.36. The lowest BCUT2D eigenvalue weighted by Gasteiger charge is -2.23. The van der Waals surface area contributed by atoms with Crippen molar-refractivity contribution in [1.29, 1.82) is 5.26 Å². The highest BCUT2D eigenvalue weighted by Crippen LogP contribution is 2.28. The van der Waals surface area contributed by atoms with Crippen LogP contribution in [0.4, 0.5) is 0 Å². The second-order valence-corrected chi connectivity index (χ2v) is 4.78. The highest BCUT2D eigenvalue weighted by Gasteiger charge is 2.30. The first-order valence-corrected chi connectivity index (χ1v) is 5.92. The lowest BCUT2D eigenvalue weighted by Crippen LogP contribution is -2.42. The van der Waals surface area contributed by atoms with E-state index in [2.05, 4.69) is 11.1 Å². The Kier molecular flexibility index (Phi) is 3.30. The molecule has 2 rings (SSSR count). The maximum absolute atomic E-state index is 9.05. The summed E-state index contributed by atoms with van der Waals surface area (Å²) in [6, 6.07) is 3.93. The van der Waals surface area contributed by atoms with Crippen molar-refractivity contribution in [3.05, 3.63) is 23.4 Å². The average Bonchev–Trinajstić information content (AvgIpc) is 2.74. The zero-order chi connectivity index (χ0) is 12.3. The molecule has 1 heterocycles. The van der Waals surface area contributed by atoms with Gasteiger partial charge in [-0.2, -0.15) is 5.26 Å².